The Morgan fingerprint density at radius 1 is 1.13 bits per heavy atom. The predicted octanol–water partition coefficient (Wildman–Crippen LogP) is 4.40. The predicted molar refractivity (Wildman–Crippen MR) is 105 cm³/mol. The van der Waals surface area contributed by atoms with E-state index >= 15 is 0 Å². The number of amides is 1. The number of hydrogen-bond donors (Lipinski definition) is 1. The van der Waals surface area contributed by atoms with E-state index in [9.17, 15) is 26.4 Å². The van der Waals surface area contributed by atoms with Crippen molar-refractivity contribution in [3.8, 4) is 5.75 Å². The summed E-state index contributed by atoms with van der Waals surface area (Å²) in [6.45, 7) is 0.726. The van der Waals surface area contributed by atoms with Gasteiger partial charge in [0.25, 0.3) is 5.91 Å². The summed E-state index contributed by atoms with van der Waals surface area (Å²) in [6.07, 6.45) is -3.15. The highest BCUT2D eigenvalue weighted by molar-refractivity contribution is 7.89. The van der Waals surface area contributed by atoms with Crippen LogP contribution in [0.15, 0.2) is 41.3 Å². The van der Waals surface area contributed by atoms with E-state index in [1.807, 2.05) is 0 Å². The third-order valence-electron chi connectivity index (χ3n) is 4.65. The number of methoxy groups -OCH3 is 1. The summed E-state index contributed by atoms with van der Waals surface area (Å²) in [6, 6.07) is 6.32. The maximum Gasteiger partial charge on any atom is 0.416 e. The molecule has 0 atom stereocenters. The molecule has 1 heterocycles. The van der Waals surface area contributed by atoms with Gasteiger partial charge in [-0.15, -0.1) is 0 Å². The van der Waals surface area contributed by atoms with E-state index < -0.39 is 27.7 Å². The first-order chi connectivity index (χ1) is 14.0. The molecule has 6 nitrogen and oxygen atoms in total. The Kier molecular flexibility index (Phi) is 6.30. The van der Waals surface area contributed by atoms with Crippen LogP contribution in [0.3, 0.4) is 0 Å². The summed E-state index contributed by atoms with van der Waals surface area (Å²) in [5.41, 5.74) is -1.28. The molecule has 0 aromatic heterocycles. The van der Waals surface area contributed by atoms with E-state index in [0.29, 0.717) is 19.2 Å². The summed E-state index contributed by atoms with van der Waals surface area (Å²) in [5.74, 6) is -0.743. The molecular weight excluding hydrogens is 445 g/mol. The zero-order valence-electron chi connectivity index (χ0n) is 15.8. The van der Waals surface area contributed by atoms with E-state index in [-0.39, 0.29) is 26.9 Å². The summed E-state index contributed by atoms with van der Waals surface area (Å²) in [4.78, 5) is 12.4. The molecule has 30 heavy (non-hydrogen) atoms. The molecule has 1 N–H and O–H groups in total. The fraction of sp³-hybridized carbons (Fsp3) is 0.316. The third-order valence-corrected chi connectivity index (χ3v) is 6.90. The summed E-state index contributed by atoms with van der Waals surface area (Å²) in [7, 11) is -2.59. The van der Waals surface area contributed by atoms with Crippen molar-refractivity contribution in [1.29, 1.82) is 0 Å². The molecule has 2 aromatic carbocycles. The maximum absolute atomic E-state index is 12.9. The number of nitrogens with one attached hydrogen (secondary N) is 1. The lowest BCUT2D eigenvalue weighted by atomic mass is 10.1. The van der Waals surface area contributed by atoms with Crippen LogP contribution >= 0.6 is 11.6 Å². The van der Waals surface area contributed by atoms with Gasteiger partial charge in [0.2, 0.25) is 10.0 Å². The fourth-order valence-electron chi connectivity index (χ4n) is 3.08. The Morgan fingerprint density at radius 2 is 1.80 bits per heavy atom. The molecule has 3 rings (SSSR count). The smallest absolute Gasteiger partial charge is 0.416 e. The number of alkyl halides is 3. The lowest BCUT2D eigenvalue weighted by Gasteiger charge is -2.18. The average Bonchev–Trinajstić information content (AvgIpc) is 3.24. The molecule has 0 spiro atoms. The molecule has 0 unspecified atom stereocenters. The van der Waals surface area contributed by atoms with Gasteiger partial charge in [-0.05, 0) is 49.2 Å². The molecule has 1 aliphatic rings. The molecule has 0 aliphatic carbocycles. The van der Waals surface area contributed by atoms with Crippen LogP contribution in [0.5, 0.6) is 5.75 Å². The van der Waals surface area contributed by atoms with Crippen molar-refractivity contribution in [2.75, 3.05) is 25.5 Å². The van der Waals surface area contributed by atoms with Gasteiger partial charge in [0.1, 0.15) is 10.6 Å². The second kappa shape index (κ2) is 8.44. The van der Waals surface area contributed by atoms with Crippen LogP contribution < -0.4 is 10.1 Å². The van der Waals surface area contributed by atoms with Crippen LogP contribution in [0, 0.1) is 0 Å². The van der Waals surface area contributed by atoms with Crippen molar-refractivity contribution in [2.45, 2.75) is 23.9 Å². The van der Waals surface area contributed by atoms with Crippen LogP contribution in [0.25, 0.3) is 0 Å². The Morgan fingerprint density at radius 3 is 2.40 bits per heavy atom. The minimum Gasteiger partial charge on any atom is -0.495 e. The molecule has 1 saturated heterocycles. The average molecular weight is 463 g/mol. The largest absolute Gasteiger partial charge is 0.495 e. The van der Waals surface area contributed by atoms with Crippen LogP contribution in [0.2, 0.25) is 5.02 Å². The number of nitrogens with zero attached hydrogens (tertiary/aromatic N) is 1. The van der Waals surface area contributed by atoms with Crippen LogP contribution in [-0.4, -0.2) is 38.8 Å². The first-order valence-corrected chi connectivity index (χ1v) is 10.7. The molecule has 1 amide bonds. The van der Waals surface area contributed by atoms with Gasteiger partial charge in [-0.2, -0.15) is 17.5 Å². The normalized spacial score (nSPS) is 15.2. The Balaban J connectivity index is 1.94. The van der Waals surface area contributed by atoms with Crippen molar-refractivity contribution in [3.63, 3.8) is 0 Å². The van der Waals surface area contributed by atoms with Gasteiger partial charge >= 0.3 is 6.18 Å². The first kappa shape index (κ1) is 22.4. The van der Waals surface area contributed by atoms with Gasteiger partial charge in [-0.3, -0.25) is 4.79 Å². The van der Waals surface area contributed by atoms with E-state index in [1.165, 1.54) is 23.5 Å². The van der Waals surface area contributed by atoms with Crippen molar-refractivity contribution < 1.29 is 31.1 Å². The second-order valence-electron chi connectivity index (χ2n) is 6.62. The van der Waals surface area contributed by atoms with E-state index in [2.05, 4.69) is 5.32 Å². The molecule has 2 aromatic rings. The number of carbonyl (C=O) groups excluding carboxylic acids is 1. The number of halogens is 4. The minimum absolute atomic E-state index is 0.0653. The summed E-state index contributed by atoms with van der Waals surface area (Å²) in [5, 5.41) is 2.22. The highest BCUT2D eigenvalue weighted by Gasteiger charge is 2.32. The minimum atomic E-state index is -4.61. The standard InChI is InChI=1S/C19H18ClF3N2O4S/c1-29-16-7-4-12(10-17(16)30(27,28)25-8-2-3-9-25)18(26)24-15-11-13(19(21,22)23)5-6-14(15)20/h4-7,10-11H,2-3,8-9H2,1H3,(H,24,26). The lowest BCUT2D eigenvalue weighted by molar-refractivity contribution is -0.137. The molecule has 11 heteroatoms. The van der Waals surface area contributed by atoms with Gasteiger partial charge in [0, 0.05) is 18.7 Å². The number of sulfonamides is 1. The Hall–Kier alpha value is -2.30. The number of rotatable bonds is 5. The quantitative estimate of drug-likeness (QED) is 0.714. The molecule has 0 saturated carbocycles. The van der Waals surface area contributed by atoms with Gasteiger partial charge in [-0.25, -0.2) is 8.42 Å². The van der Waals surface area contributed by atoms with Crippen molar-refractivity contribution >= 4 is 33.2 Å². The first-order valence-electron chi connectivity index (χ1n) is 8.90. The highest BCUT2D eigenvalue weighted by atomic mass is 35.5. The number of ether oxygens (including phenoxy) is 1. The highest BCUT2D eigenvalue weighted by Crippen LogP contribution is 2.34. The third kappa shape index (κ3) is 4.55. The zero-order valence-corrected chi connectivity index (χ0v) is 17.4. The number of carbonyl (C=O) groups is 1. The number of anilines is 1. The Labute approximate surface area is 176 Å². The van der Waals surface area contributed by atoms with Gasteiger partial charge in [0.15, 0.2) is 0 Å². The van der Waals surface area contributed by atoms with E-state index in [4.69, 9.17) is 16.3 Å². The van der Waals surface area contributed by atoms with Crippen molar-refractivity contribution in [3.05, 3.63) is 52.5 Å². The van der Waals surface area contributed by atoms with Crippen LogP contribution in [0.4, 0.5) is 18.9 Å². The van der Waals surface area contributed by atoms with Gasteiger partial charge < -0.3 is 10.1 Å². The number of hydrogen-bond acceptors (Lipinski definition) is 4. The van der Waals surface area contributed by atoms with Crippen LogP contribution in [-0.2, 0) is 16.2 Å². The maximum atomic E-state index is 12.9. The molecule has 0 radical (unpaired) electrons. The van der Waals surface area contributed by atoms with Crippen LogP contribution in [0.1, 0.15) is 28.8 Å². The van der Waals surface area contributed by atoms with E-state index in [0.717, 1.165) is 31.0 Å². The van der Waals surface area contributed by atoms with Gasteiger partial charge in [0.05, 0.1) is 23.4 Å². The molecule has 0 bridgehead atoms. The second-order valence-corrected chi connectivity index (χ2v) is 8.94. The van der Waals surface area contributed by atoms with Gasteiger partial charge in [-0.1, -0.05) is 11.6 Å². The van der Waals surface area contributed by atoms with E-state index in [1.54, 1.807) is 0 Å². The fourth-order valence-corrected chi connectivity index (χ4v) is 4.94. The van der Waals surface area contributed by atoms with Crippen molar-refractivity contribution in [1.82, 2.24) is 4.31 Å². The number of benzene rings is 2. The Bertz CT molecular complexity index is 1070. The summed E-state index contributed by atoms with van der Waals surface area (Å²) >= 11 is 5.91. The topological polar surface area (TPSA) is 75.7 Å². The molecule has 1 fully saturated rings. The molecule has 162 valence electrons. The lowest BCUT2D eigenvalue weighted by Crippen LogP contribution is -2.28. The van der Waals surface area contributed by atoms with Crippen molar-refractivity contribution in [2.24, 2.45) is 0 Å². The zero-order chi connectivity index (χ0) is 22.1. The molecular formula is C19H18ClF3N2O4S. The summed E-state index contributed by atoms with van der Waals surface area (Å²) < 4.78 is 71.1. The molecule has 1 aliphatic heterocycles. The monoisotopic (exact) mass is 462 g/mol. The SMILES string of the molecule is COc1ccc(C(=O)Nc2cc(C(F)(F)F)ccc2Cl)cc1S(=O)(=O)N1CCCC1.